The molecule has 1 saturated heterocycles. The third-order valence-electron chi connectivity index (χ3n) is 5.14. The normalized spacial score (nSPS) is 15.5. The summed E-state index contributed by atoms with van der Waals surface area (Å²) in [5.41, 5.74) is 2.86. The summed E-state index contributed by atoms with van der Waals surface area (Å²) in [5, 5.41) is 4.35. The molecule has 0 unspecified atom stereocenters. The van der Waals surface area contributed by atoms with Crippen molar-refractivity contribution in [1.82, 2.24) is 24.6 Å². The Morgan fingerprint density at radius 2 is 1.96 bits per heavy atom. The van der Waals surface area contributed by atoms with Gasteiger partial charge in [0.25, 0.3) is 5.91 Å². The third kappa shape index (κ3) is 4.14. The van der Waals surface area contributed by atoms with Crippen LogP contribution in [0.15, 0.2) is 53.7 Å². The fourth-order valence-corrected chi connectivity index (χ4v) is 3.57. The van der Waals surface area contributed by atoms with E-state index >= 15 is 0 Å². The average molecular weight is 379 g/mol. The van der Waals surface area contributed by atoms with Crippen molar-refractivity contribution in [3.63, 3.8) is 0 Å². The van der Waals surface area contributed by atoms with E-state index in [9.17, 15) is 4.79 Å². The molecule has 1 aliphatic heterocycles. The minimum Gasteiger partial charge on any atom is -0.444 e. The molecule has 0 saturated carbocycles. The maximum absolute atomic E-state index is 12.9. The predicted molar refractivity (Wildman–Crippen MR) is 106 cm³/mol. The highest BCUT2D eigenvalue weighted by molar-refractivity contribution is 5.94. The number of carbonyl (C=O) groups excluding carboxylic acids is 1. The van der Waals surface area contributed by atoms with E-state index in [0.717, 1.165) is 51.3 Å². The van der Waals surface area contributed by atoms with Gasteiger partial charge in [-0.3, -0.25) is 14.4 Å². The predicted octanol–water partition coefficient (Wildman–Crippen LogP) is 2.91. The van der Waals surface area contributed by atoms with Gasteiger partial charge in [-0.05, 0) is 25.5 Å². The molecule has 1 aromatic carbocycles. The van der Waals surface area contributed by atoms with E-state index < -0.39 is 0 Å². The molecule has 3 aromatic rings. The number of aryl methyl sites for hydroxylation is 1. The van der Waals surface area contributed by atoms with Crippen LogP contribution in [0, 0.1) is 0 Å². The van der Waals surface area contributed by atoms with Gasteiger partial charge < -0.3 is 9.32 Å². The molecular formula is C21H25N5O2. The second kappa shape index (κ2) is 8.39. The molecule has 0 bridgehead atoms. The Kier molecular flexibility index (Phi) is 5.53. The van der Waals surface area contributed by atoms with Crippen LogP contribution in [0.4, 0.5) is 0 Å². The fraction of sp³-hybridized carbons (Fsp3) is 0.381. The van der Waals surface area contributed by atoms with E-state index in [1.165, 1.54) is 12.0 Å². The zero-order valence-electron chi connectivity index (χ0n) is 16.1. The van der Waals surface area contributed by atoms with Gasteiger partial charge in [0, 0.05) is 62.2 Å². The van der Waals surface area contributed by atoms with Gasteiger partial charge in [-0.2, -0.15) is 5.10 Å². The molecule has 146 valence electrons. The molecule has 1 amide bonds. The van der Waals surface area contributed by atoms with Crippen LogP contribution in [-0.4, -0.2) is 56.7 Å². The molecule has 0 atom stereocenters. The lowest BCUT2D eigenvalue weighted by molar-refractivity contribution is 0.0761. The van der Waals surface area contributed by atoms with Crippen LogP contribution in [0.3, 0.4) is 0 Å². The number of nitrogens with zero attached hydrogens (tertiary/aromatic N) is 5. The second-order valence-corrected chi connectivity index (χ2v) is 7.07. The van der Waals surface area contributed by atoms with Crippen molar-refractivity contribution in [1.29, 1.82) is 0 Å². The summed E-state index contributed by atoms with van der Waals surface area (Å²) < 4.78 is 7.25. The van der Waals surface area contributed by atoms with Crippen molar-refractivity contribution >= 4 is 5.91 Å². The van der Waals surface area contributed by atoms with Gasteiger partial charge >= 0.3 is 0 Å². The molecular weight excluding hydrogens is 354 g/mol. The summed E-state index contributed by atoms with van der Waals surface area (Å²) in [6.07, 6.45) is 8.09. The molecule has 4 rings (SSSR count). The number of amides is 1. The summed E-state index contributed by atoms with van der Waals surface area (Å²) in [4.78, 5) is 21.2. The number of benzene rings is 1. The van der Waals surface area contributed by atoms with Crippen molar-refractivity contribution < 1.29 is 9.21 Å². The van der Waals surface area contributed by atoms with Crippen molar-refractivity contribution in [3.05, 3.63) is 60.4 Å². The SMILES string of the molecule is CCn1cc(CN2CCCN(C(=O)c3ccc(-c4cnco4)cc3)CC2)cn1. The first-order chi connectivity index (χ1) is 13.7. The molecule has 7 nitrogen and oxygen atoms in total. The van der Waals surface area contributed by atoms with E-state index in [0.29, 0.717) is 11.3 Å². The Bertz CT molecular complexity index is 901. The van der Waals surface area contributed by atoms with Gasteiger partial charge in [0.2, 0.25) is 0 Å². The highest BCUT2D eigenvalue weighted by Crippen LogP contribution is 2.20. The van der Waals surface area contributed by atoms with Crippen LogP contribution in [0.5, 0.6) is 0 Å². The molecule has 0 N–H and O–H groups in total. The molecule has 1 fully saturated rings. The minimum atomic E-state index is 0.0878. The molecule has 7 heteroatoms. The third-order valence-corrected chi connectivity index (χ3v) is 5.14. The van der Waals surface area contributed by atoms with Crippen LogP contribution in [0.1, 0.15) is 29.3 Å². The van der Waals surface area contributed by atoms with E-state index in [2.05, 4.69) is 28.1 Å². The zero-order chi connectivity index (χ0) is 19.3. The maximum Gasteiger partial charge on any atom is 0.253 e. The highest BCUT2D eigenvalue weighted by Gasteiger charge is 2.20. The zero-order valence-corrected chi connectivity index (χ0v) is 16.1. The number of rotatable bonds is 5. The summed E-state index contributed by atoms with van der Waals surface area (Å²) in [6.45, 7) is 7.25. The van der Waals surface area contributed by atoms with Crippen molar-refractivity contribution in [2.75, 3.05) is 26.2 Å². The summed E-state index contributed by atoms with van der Waals surface area (Å²) in [7, 11) is 0. The van der Waals surface area contributed by atoms with E-state index in [-0.39, 0.29) is 5.91 Å². The van der Waals surface area contributed by atoms with Gasteiger partial charge in [0.05, 0.1) is 12.4 Å². The molecule has 1 aliphatic rings. The van der Waals surface area contributed by atoms with Gasteiger partial charge in [-0.15, -0.1) is 0 Å². The van der Waals surface area contributed by atoms with Gasteiger partial charge in [0.1, 0.15) is 0 Å². The Morgan fingerprint density at radius 3 is 2.68 bits per heavy atom. The first-order valence-electron chi connectivity index (χ1n) is 9.75. The Morgan fingerprint density at radius 1 is 1.11 bits per heavy atom. The lowest BCUT2D eigenvalue weighted by atomic mass is 10.1. The molecule has 28 heavy (non-hydrogen) atoms. The molecule has 3 heterocycles. The molecule has 0 radical (unpaired) electrons. The van der Waals surface area contributed by atoms with Crippen LogP contribution in [-0.2, 0) is 13.1 Å². The van der Waals surface area contributed by atoms with Crippen molar-refractivity contribution in [3.8, 4) is 11.3 Å². The summed E-state index contributed by atoms with van der Waals surface area (Å²) in [5.74, 6) is 0.792. The molecule has 0 spiro atoms. The smallest absolute Gasteiger partial charge is 0.253 e. The average Bonchev–Trinajstić information content (AvgIpc) is 3.37. The molecule has 0 aliphatic carbocycles. The van der Waals surface area contributed by atoms with Gasteiger partial charge in [-0.25, -0.2) is 4.98 Å². The maximum atomic E-state index is 12.9. The molecule has 2 aromatic heterocycles. The van der Waals surface area contributed by atoms with Gasteiger partial charge in [0.15, 0.2) is 12.2 Å². The summed E-state index contributed by atoms with van der Waals surface area (Å²) in [6, 6.07) is 7.54. The Labute approximate surface area is 164 Å². The Balaban J connectivity index is 1.36. The monoisotopic (exact) mass is 379 g/mol. The number of oxazole rings is 1. The van der Waals surface area contributed by atoms with Crippen LogP contribution < -0.4 is 0 Å². The Hall–Kier alpha value is -2.93. The standard InChI is InChI=1S/C21H25N5O2/c1-2-26-15-17(12-23-26)14-24-8-3-9-25(11-10-24)21(27)19-6-4-18(5-7-19)20-13-22-16-28-20/h4-7,12-13,15-16H,2-3,8-11,14H2,1H3. The van der Waals surface area contributed by atoms with E-state index in [1.54, 1.807) is 6.20 Å². The van der Waals surface area contributed by atoms with Crippen LogP contribution in [0.2, 0.25) is 0 Å². The minimum absolute atomic E-state index is 0.0878. The van der Waals surface area contributed by atoms with E-state index in [4.69, 9.17) is 4.42 Å². The fourth-order valence-electron chi connectivity index (χ4n) is 3.57. The van der Waals surface area contributed by atoms with Crippen molar-refractivity contribution in [2.45, 2.75) is 26.4 Å². The topological polar surface area (TPSA) is 67.4 Å². The first-order valence-corrected chi connectivity index (χ1v) is 9.75. The lowest BCUT2D eigenvalue weighted by Gasteiger charge is -2.22. The number of carbonyl (C=O) groups is 1. The van der Waals surface area contributed by atoms with Crippen LogP contribution in [0.25, 0.3) is 11.3 Å². The number of hydrogen-bond acceptors (Lipinski definition) is 5. The second-order valence-electron chi connectivity index (χ2n) is 7.07. The summed E-state index contributed by atoms with van der Waals surface area (Å²) >= 11 is 0. The number of hydrogen-bond donors (Lipinski definition) is 0. The lowest BCUT2D eigenvalue weighted by Crippen LogP contribution is -2.35. The first kappa shape index (κ1) is 18.4. The number of aromatic nitrogens is 3. The highest BCUT2D eigenvalue weighted by atomic mass is 16.3. The van der Waals surface area contributed by atoms with Crippen LogP contribution >= 0.6 is 0 Å². The largest absolute Gasteiger partial charge is 0.444 e. The van der Waals surface area contributed by atoms with Crippen molar-refractivity contribution in [2.24, 2.45) is 0 Å². The van der Waals surface area contributed by atoms with Gasteiger partial charge in [-0.1, -0.05) is 12.1 Å². The van der Waals surface area contributed by atoms with E-state index in [1.807, 2.05) is 40.0 Å². The quantitative estimate of drug-likeness (QED) is 0.682.